The van der Waals surface area contributed by atoms with Crippen molar-refractivity contribution in [2.75, 3.05) is 27.4 Å². The third kappa shape index (κ3) is 12.7. The van der Waals surface area contributed by atoms with Crippen LogP contribution in [-0.4, -0.2) is 136 Å². The first-order valence-corrected chi connectivity index (χ1v) is 16.1. The summed E-state index contributed by atoms with van der Waals surface area (Å²) in [4.78, 5) is 86.8. The van der Waals surface area contributed by atoms with E-state index in [-0.39, 0.29) is 0 Å². The van der Waals surface area contributed by atoms with Crippen LogP contribution >= 0.6 is 0 Å². The van der Waals surface area contributed by atoms with Crippen molar-refractivity contribution in [2.45, 2.75) is 130 Å². The van der Waals surface area contributed by atoms with Crippen LogP contribution in [0.4, 0.5) is 0 Å². The van der Waals surface area contributed by atoms with Gasteiger partial charge in [0.25, 0.3) is 0 Å². The number of carbonyl (C=O) groups is 7. The number of carbonyl (C=O) groups excluding carboxylic acids is 7. The molecule has 0 saturated carbocycles. The fourth-order valence-electron chi connectivity index (χ4n) is 5.35. The minimum absolute atomic E-state index is 0.474. The minimum Gasteiger partial charge on any atom is -0.467 e. The molecule has 19 nitrogen and oxygen atoms in total. The van der Waals surface area contributed by atoms with Crippen molar-refractivity contribution in [3.05, 3.63) is 0 Å². The van der Waals surface area contributed by atoms with E-state index in [1.165, 1.54) is 21.0 Å². The first-order chi connectivity index (χ1) is 23.7. The molecule has 11 atom stereocenters. The molecule has 2 saturated heterocycles. The molecule has 290 valence electrons. The Morgan fingerprint density at radius 2 is 1.16 bits per heavy atom. The number of nitrogens with one attached hydrogen (secondary N) is 2. The average molecular weight is 735 g/mol. The van der Waals surface area contributed by atoms with Crippen molar-refractivity contribution < 1.29 is 80.9 Å². The van der Waals surface area contributed by atoms with Gasteiger partial charge in [0.15, 0.2) is 30.9 Å². The van der Waals surface area contributed by atoms with Gasteiger partial charge in [0.1, 0.15) is 49.7 Å². The highest BCUT2D eigenvalue weighted by Gasteiger charge is 2.56. The van der Waals surface area contributed by atoms with Crippen LogP contribution in [0, 0.1) is 5.41 Å². The molecule has 0 spiro atoms. The molecular weight excluding hydrogens is 684 g/mol. The van der Waals surface area contributed by atoms with Crippen LogP contribution in [0.2, 0.25) is 0 Å². The Morgan fingerprint density at radius 3 is 1.63 bits per heavy atom. The second-order valence-electron chi connectivity index (χ2n) is 12.9. The highest BCUT2D eigenvalue weighted by atomic mass is 16.7. The van der Waals surface area contributed by atoms with Crippen LogP contribution in [-0.2, 0) is 80.9 Å². The average Bonchev–Trinajstić information content (AvgIpc) is 3.01. The van der Waals surface area contributed by atoms with E-state index >= 15 is 0 Å². The zero-order valence-electron chi connectivity index (χ0n) is 30.7. The summed E-state index contributed by atoms with van der Waals surface area (Å²) in [6.45, 7) is 11.0. The topological polar surface area (TPSA) is 236 Å². The predicted octanol–water partition coefficient (Wildman–Crippen LogP) is -0.560. The Balaban J connectivity index is 2.79. The van der Waals surface area contributed by atoms with Gasteiger partial charge in [-0.2, -0.15) is 0 Å². The van der Waals surface area contributed by atoms with Crippen molar-refractivity contribution in [2.24, 2.45) is 5.41 Å². The second-order valence-corrected chi connectivity index (χ2v) is 12.9. The van der Waals surface area contributed by atoms with E-state index in [2.05, 4.69) is 10.6 Å². The largest absolute Gasteiger partial charge is 0.467 e. The monoisotopic (exact) mass is 734 g/mol. The van der Waals surface area contributed by atoms with Gasteiger partial charge in [-0.15, -0.1) is 0 Å². The van der Waals surface area contributed by atoms with Crippen LogP contribution in [0.25, 0.3) is 0 Å². The van der Waals surface area contributed by atoms with E-state index in [0.29, 0.717) is 0 Å². The lowest BCUT2D eigenvalue weighted by Gasteiger charge is -2.50. The lowest BCUT2D eigenvalue weighted by molar-refractivity contribution is -0.337. The summed E-state index contributed by atoms with van der Waals surface area (Å²) in [5.41, 5.74) is -0.935. The Morgan fingerprint density at radius 1 is 0.667 bits per heavy atom. The maximum atomic E-state index is 12.9. The summed E-state index contributed by atoms with van der Waals surface area (Å²) in [5, 5.41) is 5.27. The number of hydrogen-bond acceptors (Lipinski definition) is 17. The first-order valence-electron chi connectivity index (χ1n) is 16.1. The Bertz CT molecular complexity index is 1270. The van der Waals surface area contributed by atoms with Crippen LogP contribution in [0.5, 0.6) is 0 Å². The molecule has 0 aromatic carbocycles. The van der Waals surface area contributed by atoms with Crippen molar-refractivity contribution in [1.29, 1.82) is 0 Å². The normalized spacial score (nSPS) is 29.8. The minimum atomic E-state index is -1.64. The molecule has 51 heavy (non-hydrogen) atoms. The molecule has 0 aliphatic carbocycles. The van der Waals surface area contributed by atoms with E-state index < -0.39 is 128 Å². The highest BCUT2D eigenvalue weighted by molar-refractivity contribution is 5.76. The molecule has 19 heteroatoms. The zero-order chi connectivity index (χ0) is 38.8. The van der Waals surface area contributed by atoms with E-state index in [0.717, 1.165) is 34.8 Å². The predicted molar refractivity (Wildman–Crippen MR) is 169 cm³/mol. The van der Waals surface area contributed by atoms with Gasteiger partial charge in [0.05, 0.1) is 12.5 Å². The number of ether oxygens (including phenoxy) is 10. The SMILES string of the molecule is COC(=O)[C@@H](C)O[C@@H]1[C@@H](NC(C)=O)[C@H](OC)O[C@H](COC(=O)C(C)(C)C)[C@H]1O[C@@H]1O[C@H](COC(C)=O)[C@@H](OC(C)=O)[C@H](OC(C)=O)[C@H]1NC(C)=O. The molecule has 2 rings (SSSR count). The molecule has 0 aromatic heterocycles. The van der Waals surface area contributed by atoms with Gasteiger partial charge in [-0.1, -0.05) is 0 Å². The molecule has 0 radical (unpaired) electrons. The molecule has 2 aliphatic heterocycles. The Kier molecular flexibility index (Phi) is 16.2. The van der Waals surface area contributed by atoms with Gasteiger partial charge in [-0.3, -0.25) is 28.8 Å². The van der Waals surface area contributed by atoms with E-state index in [1.807, 2.05) is 0 Å². The maximum Gasteiger partial charge on any atom is 0.334 e. The summed E-state index contributed by atoms with van der Waals surface area (Å²) >= 11 is 0. The van der Waals surface area contributed by atoms with Crippen molar-refractivity contribution in [3.63, 3.8) is 0 Å². The highest BCUT2D eigenvalue weighted by Crippen LogP contribution is 2.34. The smallest absolute Gasteiger partial charge is 0.334 e. The van der Waals surface area contributed by atoms with Crippen molar-refractivity contribution in [1.82, 2.24) is 10.6 Å². The molecule has 0 aromatic rings. The van der Waals surface area contributed by atoms with Gasteiger partial charge >= 0.3 is 29.8 Å². The maximum absolute atomic E-state index is 12.9. The van der Waals surface area contributed by atoms with Gasteiger partial charge < -0.3 is 58.0 Å². The second kappa shape index (κ2) is 19.1. The molecule has 2 N–H and O–H groups in total. The molecule has 0 unspecified atom stereocenters. The molecule has 0 bridgehead atoms. The van der Waals surface area contributed by atoms with E-state index in [9.17, 15) is 33.6 Å². The van der Waals surface area contributed by atoms with E-state index in [1.54, 1.807) is 20.8 Å². The number of hydrogen-bond donors (Lipinski definition) is 2. The lowest BCUT2D eigenvalue weighted by atomic mass is 9.93. The van der Waals surface area contributed by atoms with Crippen LogP contribution in [0.1, 0.15) is 62.3 Å². The number of rotatable bonds is 14. The van der Waals surface area contributed by atoms with Crippen LogP contribution in [0.3, 0.4) is 0 Å². The van der Waals surface area contributed by atoms with Gasteiger partial charge in [0.2, 0.25) is 11.8 Å². The third-order valence-corrected chi connectivity index (χ3v) is 7.50. The fraction of sp³-hybridized carbons (Fsp3) is 0.781. The summed E-state index contributed by atoms with van der Waals surface area (Å²) in [5.74, 6) is -4.98. The van der Waals surface area contributed by atoms with Gasteiger partial charge in [-0.25, -0.2) is 4.79 Å². The first kappa shape index (κ1) is 43.3. The summed E-state index contributed by atoms with van der Waals surface area (Å²) < 4.78 is 57.1. The summed E-state index contributed by atoms with van der Waals surface area (Å²) in [7, 11) is 2.43. The van der Waals surface area contributed by atoms with E-state index in [4.69, 9.17) is 47.4 Å². The van der Waals surface area contributed by atoms with Gasteiger partial charge in [-0.05, 0) is 27.7 Å². The molecule has 2 amide bonds. The van der Waals surface area contributed by atoms with Crippen molar-refractivity contribution >= 4 is 41.7 Å². The van der Waals surface area contributed by atoms with Crippen molar-refractivity contribution in [3.8, 4) is 0 Å². The summed E-state index contributed by atoms with van der Waals surface area (Å²) in [6.07, 6.45) is -12.5. The number of methoxy groups -OCH3 is 2. The third-order valence-electron chi connectivity index (χ3n) is 7.50. The molecule has 2 aliphatic rings. The number of amides is 2. The van der Waals surface area contributed by atoms with Crippen LogP contribution < -0.4 is 10.6 Å². The lowest BCUT2D eigenvalue weighted by Crippen LogP contribution is -2.70. The number of esters is 5. The molecule has 2 heterocycles. The summed E-state index contributed by atoms with van der Waals surface area (Å²) in [6, 6.07) is -2.60. The zero-order valence-corrected chi connectivity index (χ0v) is 30.7. The van der Waals surface area contributed by atoms with Crippen LogP contribution in [0.15, 0.2) is 0 Å². The van der Waals surface area contributed by atoms with Gasteiger partial charge in [0, 0.05) is 41.7 Å². The fourth-order valence-corrected chi connectivity index (χ4v) is 5.35. The Hall–Kier alpha value is -3.91. The standard InChI is InChI=1S/C32H50N2O17/c1-14(28(40)42-10)46-26-22(33-15(2)35)29(43-11)49-21(13-45-31(41)32(7,8)9)25(26)51-30-23(34-16(3)36)27(48-19(6)39)24(47-18(5)38)20(50-30)12-44-17(4)37/h14,20-27,29-30H,12-13H2,1-11H3,(H,33,35)(H,34,36)/t14-,20-,21-,22-,23-,24-,25-,26-,27-,29-,30+/m1/s1. The molecular formula is C32H50N2O17. The molecule has 2 fully saturated rings. The quantitative estimate of drug-likeness (QED) is 0.168. The Labute approximate surface area is 295 Å².